The van der Waals surface area contributed by atoms with E-state index in [0.717, 1.165) is 16.9 Å². The second-order valence-corrected chi connectivity index (χ2v) is 11.4. The van der Waals surface area contributed by atoms with Gasteiger partial charge in [-0.1, -0.05) is 53.4 Å². The van der Waals surface area contributed by atoms with Crippen LogP contribution in [0.2, 0.25) is 0 Å². The molecule has 0 bridgehead atoms. The Kier molecular flexibility index (Phi) is 6.91. The summed E-state index contributed by atoms with van der Waals surface area (Å²) in [6.07, 6.45) is 0. The third-order valence-electron chi connectivity index (χ3n) is 6.80. The van der Waals surface area contributed by atoms with Gasteiger partial charge >= 0.3 is 4.87 Å². The van der Waals surface area contributed by atoms with Crippen molar-refractivity contribution in [3.63, 3.8) is 0 Å². The van der Waals surface area contributed by atoms with Crippen LogP contribution in [0.15, 0.2) is 88.7 Å². The maximum atomic E-state index is 13.8. The number of amides is 3. The van der Waals surface area contributed by atoms with Crippen LogP contribution in [0.3, 0.4) is 0 Å². The number of H-pyrrole nitrogens is 1. The molecule has 40 heavy (non-hydrogen) atoms. The van der Waals surface area contributed by atoms with Crippen molar-refractivity contribution in [2.24, 2.45) is 5.92 Å². The molecule has 2 aliphatic rings. The molecule has 2 aliphatic heterocycles. The largest absolute Gasteiger partial charge is 0.497 e. The van der Waals surface area contributed by atoms with Crippen LogP contribution < -0.4 is 24.6 Å². The van der Waals surface area contributed by atoms with Gasteiger partial charge in [0.25, 0.3) is 5.91 Å². The van der Waals surface area contributed by atoms with E-state index in [9.17, 15) is 19.2 Å². The number of para-hydroxylation sites is 1. The number of hydrogen-bond donors (Lipinski definition) is 2. The SMILES string of the molecule is COc1ccc(NC(=O)COc2cccc([C@@H]3c4sc(=O)[nH]c4S[C@H]4C(=O)N(c5ccccc5)C(=O)[C@@H]34)c2)cc1. The Bertz CT molecular complexity index is 1650. The van der Waals surface area contributed by atoms with Crippen molar-refractivity contribution < 1.29 is 23.9 Å². The minimum atomic E-state index is -0.703. The number of hydrogen-bond acceptors (Lipinski definition) is 8. The Morgan fingerprint density at radius 3 is 2.48 bits per heavy atom. The topological polar surface area (TPSA) is 118 Å². The lowest BCUT2D eigenvalue weighted by Crippen LogP contribution is -2.32. The molecule has 3 heterocycles. The monoisotopic (exact) mass is 573 g/mol. The number of carbonyl (C=O) groups is 3. The number of methoxy groups -OCH3 is 1. The van der Waals surface area contributed by atoms with Crippen molar-refractivity contribution in [3.05, 3.63) is 99.0 Å². The lowest BCUT2D eigenvalue weighted by molar-refractivity contribution is -0.122. The van der Waals surface area contributed by atoms with Gasteiger partial charge in [-0.2, -0.15) is 0 Å². The molecule has 0 radical (unpaired) electrons. The molecule has 3 aromatic carbocycles. The number of fused-ring (bicyclic) bond motifs is 2. The summed E-state index contributed by atoms with van der Waals surface area (Å²) in [5, 5.41) is 2.69. The standard InChI is InChI=1S/C29H23N3O6S2/c1-37-19-12-10-17(11-13-19)30-21(33)15-38-20-9-5-6-16(14-20)22-23-25(39-26-24(22)40-29(36)31-26)28(35)32(27(23)34)18-7-3-2-4-8-18/h2-14,22-23,25H,15H2,1H3,(H,30,33)(H,31,36)/t22-,23-,25+/m0/s1. The molecule has 9 nitrogen and oxygen atoms in total. The van der Waals surface area contributed by atoms with Gasteiger partial charge in [-0.05, 0) is 54.1 Å². The van der Waals surface area contributed by atoms with Gasteiger partial charge < -0.3 is 19.8 Å². The molecular weight excluding hydrogens is 550 g/mol. The highest BCUT2D eigenvalue weighted by atomic mass is 32.2. The van der Waals surface area contributed by atoms with Gasteiger partial charge in [0.2, 0.25) is 11.8 Å². The first-order valence-corrected chi connectivity index (χ1v) is 14.1. The third kappa shape index (κ3) is 4.78. The predicted octanol–water partition coefficient (Wildman–Crippen LogP) is 4.26. The van der Waals surface area contributed by atoms with Gasteiger partial charge in [0, 0.05) is 16.5 Å². The third-order valence-corrected chi connectivity index (χ3v) is 9.20. The number of nitrogens with one attached hydrogen (secondary N) is 2. The molecule has 1 saturated heterocycles. The molecule has 6 rings (SSSR count). The zero-order chi connectivity index (χ0) is 27.8. The molecule has 1 aromatic heterocycles. The van der Waals surface area contributed by atoms with Gasteiger partial charge in [-0.15, -0.1) is 0 Å². The van der Waals surface area contributed by atoms with E-state index >= 15 is 0 Å². The second kappa shape index (κ2) is 10.7. The smallest absolute Gasteiger partial charge is 0.305 e. The highest BCUT2D eigenvalue weighted by Crippen LogP contribution is 2.53. The molecular formula is C29H23N3O6S2. The lowest BCUT2D eigenvalue weighted by atomic mass is 9.83. The van der Waals surface area contributed by atoms with Crippen molar-refractivity contribution in [1.82, 2.24) is 4.98 Å². The number of carbonyl (C=O) groups excluding carboxylic acids is 3. The van der Waals surface area contributed by atoms with Gasteiger partial charge in [0.1, 0.15) is 16.7 Å². The van der Waals surface area contributed by atoms with E-state index in [0.29, 0.717) is 32.8 Å². The quantitative estimate of drug-likeness (QED) is 0.317. The molecule has 0 unspecified atom stereocenters. The number of aromatic amines is 1. The van der Waals surface area contributed by atoms with Crippen molar-refractivity contribution in [2.45, 2.75) is 16.2 Å². The number of thioether (sulfide) groups is 1. The number of benzene rings is 3. The van der Waals surface area contributed by atoms with E-state index in [-0.39, 0.29) is 29.2 Å². The van der Waals surface area contributed by atoms with E-state index in [1.165, 1.54) is 16.7 Å². The van der Waals surface area contributed by atoms with E-state index in [4.69, 9.17) is 9.47 Å². The first-order chi connectivity index (χ1) is 19.4. The average molecular weight is 574 g/mol. The van der Waals surface area contributed by atoms with Crippen molar-refractivity contribution in [2.75, 3.05) is 23.9 Å². The number of thiazole rings is 1. The fourth-order valence-corrected chi connectivity index (χ4v) is 7.54. The summed E-state index contributed by atoms with van der Waals surface area (Å²) in [5.41, 5.74) is 1.84. The van der Waals surface area contributed by atoms with E-state index < -0.39 is 17.1 Å². The fraction of sp³-hybridized carbons (Fsp3) is 0.172. The molecule has 3 atom stereocenters. The molecule has 11 heteroatoms. The molecule has 4 aromatic rings. The number of imide groups is 1. The summed E-state index contributed by atoms with van der Waals surface area (Å²) in [7, 11) is 1.57. The first kappa shape index (κ1) is 25.9. The predicted molar refractivity (Wildman–Crippen MR) is 152 cm³/mol. The number of ether oxygens (including phenoxy) is 2. The van der Waals surface area contributed by atoms with Crippen molar-refractivity contribution in [3.8, 4) is 11.5 Å². The summed E-state index contributed by atoms with van der Waals surface area (Å²) in [6.45, 7) is -0.232. The molecule has 0 saturated carbocycles. The summed E-state index contributed by atoms with van der Waals surface area (Å²) in [6, 6.07) is 22.9. The summed E-state index contributed by atoms with van der Waals surface area (Å²) >= 11 is 2.27. The van der Waals surface area contributed by atoms with E-state index in [1.807, 2.05) is 12.1 Å². The van der Waals surface area contributed by atoms with Crippen LogP contribution in [-0.2, 0) is 14.4 Å². The average Bonchev–Trinajstić information content (AvgIpc) is 3.46. The Balaban J connectivity index is 1.26. The van der Waals surface area contributed by atoms with Gasteiger partial charge in [0.05, 0.1) is 23.7 Å². The maximum Gasteiger partial charge on any atom is 0.305 e. The van der Waals surface area contributed by atoms with Gasteiger partial charge in [0.15, 0.2) is 6.61 Å². The maximum absolute atomic E-state index is 13.8. The molecule has 1 fully saturated rings. The Labute approximate surface area is 237 Å². The number of anilines is 2. The van der Waals surface area contributed by atoms with Crippen LogP contribution in [0.25, 0.3) is 0 Å². The van der Waals surface area contributed by atoms with Crippen LogP contribution >= 0.6 is 23.1 Å². The molecule has 2 N–H and O–H groups in total. The van der Waals surface area contributed by atoms with Crippen LogP contribution in [0.1, 0.15) is 16.4 Å². The Morgan fingerprint density at radius 1 is 0.950 bits per heavy atom. The zero-order valence-electron chi connectivity index (χ0n) is 21.2. The van der Waals surface area contributed by atoms with Crippen LogP contribution in [-0.4, -0.2) is 41.7 Å². The number of nitrogens with zero attached hydrogens (tertiary/aromatic N) is 1. The Hall–Kier alpha value is -4.35. The van der Waals surface area contributed by atoms with Crippen LogP contribution in [0.5, 0.6) is 11.5 Å². The normalized spacial score (nSPS) is 19.6. The van der Waals surface area contributed by atoms with Gasteiger partial charge in [-0.3, -0.25) is 19.2 Å². The summed E-state index contributed by atoms with van der Waals surface area (Å²) in [4.78, 5) is 56.6. The van der Waals surface area contributed by atoms with Crippen molar-refractivity contribution in [1.29, 1.82) is 0 Å². The van der Waals surface area contributed by atoms with E-state index in [2.05, 4.69) is 10.3 Å². The summed E-state index contributed by atoms with van der Waals surface area (Å²) < 4.78 is 10.9. The second-order valence-electron chi connectivity index (χ2n) is 9.24. The molecule has 0 spiro atoms. The fourth-order valence-electron chi connectivity index (χ4n) is 5.03. The van der Waals surface area contributed by atoms with Crippen LogP contribution in [0.4, 0.5) is 11.4 Å². The van der Waals surface area contributed by atoms with E-state index in [1.54, 1.807) is 73.8 Å². The molecule has 3 amide bonds. The first-order valence-electron chi connectivity index (χ1n) is 12.4. The Morgan fingerprint density at radius 2 is 1.73 bits per heavy atom. The highest BCUT2D eigenvalue weighted by Gasteiger charge is 2.56. The highest BCUT2D eigenvalue weighted by molar-refractivity contribution is 8.00. The zero-order valence-corrected chi connectivity index (χ0v) is 22.8. The molecule has 0 aliphatic carbocycles. The minimum absolute atomic E-state index is 0.232. The van der Waals surface area contributed by atoms with Gasteiger partial charge in [-0.25, -0.2) is 4.90 Å². The molecule has 202 valence electrons. The summed E-state index contributed by atoms with van der Waals surface area (Å²) in [5.74, 6) is -1.09. The lowest BCUT2D eigenvalue weighted by Gasteiger charge is -2.30. The minimum Gasteiger partial charge on any atom is -0.497 e. The number of aromatic nitrogens is 1. The number of rotatable bonds is 7. The van der Waals surface area contributed by atoms with Crippen LogP contribution in [0, 0.1) is 5.92 Å². The van der Waals surface area contributed by atoms with Crippen molar-refractivity contribution >= 4 is 52.2 Å².